The molecule has 1 atom stereocenters. The smallest absolute Gasteiger partial charge is 0.262 e. The van der Waals surface area contributed by atoms with Crippen LogP contribution in [-0.2, 0) is 9.59 Å². The number of aromatic hydroxyl groups is 1. The summed E-state index contributed by atoms with van der Waals surface area (Å²) in [4.78, 5) is 56.4. The van der Waals surface area contributed by atoms with Crippen LogP contribution in [0.5, 0.6) is 17.2 Å². The summed E-state index contributed by atoms with van der Waals surface area (Å²) in [6.45, 7) is 4.91. The Balaban J connectivity index is 0.944. The summed E-state index contributed by atoms with van der Waals surface area (Å²) in [5.74, 6) is -0.138. The van der Waals surface area contributed by atoms with Gasteiger partial charge in [0.05, 0.1) is 17.7 Å². The summed E-state index contributed by atoms with van der Waals surface area (Å²) in [7, 11) is 0. The van der Waals surface area contributed by atoms with Gasteiger partial charge in [-0.25, -0.2) is 0 Å². The topological polar surface area (TPSA) is 119 Å². The third-order valence-electron chi connectivity index (χ3n) is 10.5. The Labute approximate surface area is 319 Å². The van der Waals surface area contributed by atoms with Crippen molar-refractivity contribution < 1.29 is 29.0 Å². The number of carbonyl (C=O) groups excluding carboxylic acids is 4. The molecule has 0 saturated carbocycles. The predicted octanol–water partition coefficient (Wildman–Crippen LogP) is 6.93. The number of ether oxygens (including phenoxy) is 1. The molecule has 0 radical (unpaired) electrons. The van der Waals surface area contributed by atoms with E-state index in [9.17, 15) is 24.3 Å². The fourth-order valence-electron chi connectivity index (χ4n) is 7.72. The number of piperidine rings is 1. The average molecular weight is 733 g/mol. The van der Waals surface area contributed by atoms with E-state index < -0.39 is 23.8 Å². The normalized spacial score (nSPS) is 17.5. The maximum Gasteiger partial charge on any atom is 0.262 e. The summed E-state index contributed by atoms with van der Waals surface area (Å²) in [5, 5.41) is 12.5. The van der Waals surface area contributed by atoms with E-state index in [1.165, 1.54) is 5.57 Å². The van der Waals surface area contributed by atoms with E-state index in [-0.39, 0.29) is 35.6 Å². The van der Waals surface area contributed by atoms with Crippen molar-refractivity contribution in [2.45, 2.75) is 25.8 Å². The van der Waals surface area contributed by atoms with Gasteiger partial charge in [0.25, 0.3) is 11.8 Å². The molecule has 3 heterocycles. The Kier molecular flexibility index (Phi) is 9.63. The number of hydrogen-bond acceptors (Lipinski definition) is 8. The van der Waals surface area contributed by atoms with E-state index in [1.54, 1.807) is 24.3 Å². The van der Waals surface area contributed by atoms with Crippen molar-refractivity contribution in [3.8, 4) is 17.2 Å². The Morgan fingerprint density at radius 2 is 1.31 bits per heavy atom. The number of imide groups is 1. The van der Waals surface area contributed by atoms with Crippen LogP contribution < -0.4 is 19.9 Å². The number of benzene rings is 5. The lowest BCUT2D eigenvalue weighted by molar-refractivity contribution is -0.133. The van der Waals surface area contributed by atoms with Crippen LogP contribution in [0.4, 0.5) is 11.4 Å². The number of allylic oxidation sites excluding steroid dienone is 1. The number of anilines is 2. The van der Waals surface area contributed by atoms with E-state index in [2.05, 4.69) is 52.4 Å². The molecule has 0 aromatic heterocycles. The van der Waals surface area contributed by atoms with E-state index >= 15 is 0 Å². The quantitative estimate of drug-likeness (QED) is 0.124. The number of carbonyl (C=O) groups is 4. The highest BCUT2D eigenvalue weighted by Gasteiger charge is 2.45. The first-order valence-electron chi connectivity index (χ1n) is 18.5. The Morgan fingerprint density at radius 1 is 0.673 bits per heavy atom. The lowest BCUT2D eigenvalue weighted by atomic mass is 9.88. The Bertz CT molecular complexity index is 2310. The molecular formula is C45H40N4O6. The van der Waals surface area contributed by atoms with Crippen molar-refractivity contribution >= 4 is 46.0 Å². The fraction of sp³-hybridized carbons (Fsp3) is 0.200. The van der Waals surface area contributed by atoms with Crippen molar-refractivity contribution in [2.24, 2.45) is 0 Å². The van der Waals surface area contributed by atoms with Gasteiger partial charge >= 0.3 is 0 Å². The molecule has 276 valence electrons. The molecule has 5 aromatic carbocycles. The van der Waals surface area contributed by atoms with Crippen molar-refractivity contribution in [1.82, 2.24) is 10.2 Å². The van der Waals surface area contributed by atoms with E-state index in [1.807, 2.05) is 66.7 Å². The number of piperazine rings is 1. The van der Waals surface area contributed by atoms with Gasteiger partial charge in [-0.1, -0.05) is 67.6 Å². The van der Waals surface area contributed by atoms with Crippen LogP contribution in [0, 0.1) is 0 Å². The van der Waals surface area contributed by atoms with Gasteiger partial charge in [0.1, 0.15) is 23.3 Å². The number of phenols is 1. The van der Waals surface area contributed by atoms with Gasteiger partial charge in [-0.3, -0.25) is 24.1 Å². The van der Waals surface area contributed by atoms with Crippen LogP contribution in [0.15, 0.2) is 121 Å². The molecule has 3 amide bonds. The largest absolute Gasteiger partial charge is 0.508 e. The number of fused-ring (bicyclic) bond motifs is 1. The minimum Gasteiger partial charge on any atom is -0.508 e. The van der Waals surface area contributed by atoms with Crippen LogP contribution in [-0.4, -0.2) is 72.3 Å². The molecule has 10 nitrogen and oxygen atoms in total. The minimum absolute atomic E-state index is 0.0853. The molecule has 0 spiro atoms. The maximum atomic E-state index is 13.4. The summed E-state index contributed by atoms with van der Waals surface area (Å²) < 4.78 is 6.36. The van der Waals surface area contributed by atoms with Gasteiger partial charge in [-0.05, 0) is 88.9 Å². The minimum atomic E-state index is -1.12. The first-order valence-corrected chi connectivity index (χ1v) is 18.5. The third kappa shape index (κ3) is 7.06. The molecular weight excluding hydrogens is 693 g/mol. The molecule has 1 unspecified atom stereocenters. The van der Waals surface area contributed by atoms with Crippen LogP contribution >= 0.6 is 0 Å². The summed E-state index contributed by atoms with van der Waals surface area (Å²) in [6, 6.07) is 37.9. The second-order valence-corrected chi connectivity index (χ2v) is 13.9. The molecule has 5 aromatic rings. The van der Waals surface area contributed by atoms with Crippen molar-refractivity contribution in [1.29, 1.82) is 0 Å². The molecule has 8 rings (SSSR count). The predicted molar refractivity (Wildman–Crippen MR) is 212 cm³/mol. The van der Waals surface area contributed by atoms with Crippen molar-refractivity contribution in [3.05, 3.63) is 149 Å². The summed E-state index contributed by atoms with van der Waals surface area (Å²) >= 11 is 0. The van der Waals surface area contributed by atoms with Crippen LogP contribution in [0.1, 0.15) is 57.2 Å². The highest BCUT2D eigenvalue weighted by Crippen LogP contribution is 2.37. The number of phenolic OH excluding ortho intramolecular Hbond substituents is 1. The standard InChI is InChI=1S/C45H40N4O6/c1-2-38(29-7-4-3-5-8-29)42(30-11-16-34(50)17-12-30)31-13-18-36(19-14-31)55-37-10-6-9-32(25-37)47-21-23-48(24-22-47)33-15-20-39-40(26-33)45(54)49(44(39)53)41-27-35(51)28-46-43(41)52/h3-20,25-26,41,50H,2,21-24,27-28H2,1H3,(H,46,52)/b42-38-. The molecule has 2 N–H and O–H groups in total. The second-order valence-electron chi connectivity index (χ2n) is 13.9. The summed E-state index contributed by atoms with van der Waals surface area (Å²) in [5.41, 5.74) is 7.90. The fourth-order valence-corrected chi connectivity index (χ4v) is 7.72. The van der Waals surface area contributed by atoms with Gasteiger partial charge in [0.2, 0.25) is 5.91 Å². The third-order valence-corrected chi connectivity index (χ3v) is 10.5. The van der Waals surface area contributed by atoms with Crippen LogP contribution in [0.25, 0.3) is 11.1 Å². The van der Waals surface area contributed by atoms with Gasteiger partial charge in [-0.2, -0.15) is 0 Å². The monoisotopic (exact) mass is 732 g/mol. The lowest BCUT2D eigenvalue weighted by Crippen LogP contribution is -2.55. The summed E-state index contributed by atoms with van der Waals surface area (Å²) in [6.07, 6.45) is 0.665. The number of ketones is 1. The Morgan fingerprint density at radius 3 is 1.98 bits per heavy atom. The van der Waals surface area contributed by atoms with Gasteiger partial charge < -0.3 is 25.0 Å². The second kappa shape index (κ2) is 15.0. The van der Waals surface area contributed by atoms with E-state index in [0.29, 0.717) is 18.8 Å². The van der Waals surface area contributed by atoms with Gasteiger partial charge in [-0.15, -0.1) is 0 Å². The zero-order valence-electron chi connectivity index (χ0n) is 30.4. The number of amides is 3. The molecule has 2 fully saturated rings. The van der Waals surface area contributed by atoms with Gasteiger partial charge in [0.15, 0.2) is 5.78 Å². The number of nitrogens with one attached hydrogen (secondary N) is 1. The van der Waals surface area contributed by atoms with Crippen molar-refractivity contribution in [3.63, 3.8) is 0 Å². The highest BCUT2D eigenvalue weighted by molar-refractivity contribution is 6.23. The average Bonchev–Trinajstić information content (AvgIpc) is 3.47. The number of hydrogen-bond donors (Lipinski definition) is 2. The molecule has 3 aliphatic heterocycles. The maximum absolute atomic E-state index is 13.4. The molecule has 10 heteroatoms. The Hall–Kier alpha value is -6.68. The van der Waals surface area contributed by atoms with E-state index in [0.717, 1.165) is 63.8 Å². The molecule has 55 heavy (non-hydrogen) atoms. The molecule has 0 bridgehead atoms. The molecule has 2 saturated heterocycles. The number of rotatable bonds is 9. The first-order chi connectivity index (χ1) is 26.8. The number of nitrogens with zero attached hydrogens (tertiary/aromatic N) is 3. The van der Waals surface area contributed by atoms with Crippen LogP contribution in [0.2, 0.25) is 0 Å². The lowest BCUT2D eigenvalue weighted by Gasteiger charge is -2.37. The van der Waals surface area contributed by atoms with E-state index in [4.69, 9.17) is 4.74 Å². The van der Waals surface area contributed by atoms with Gasteiger partial charge in [0, 0.05) is 50.0 Å². The zero-order valence-corrected chi connectivity index (χ0v) is 30.4. The molecule has 3 aliphatic rings. The SMILES string of the molecule is CC/C(=C(\c1ccc(O)cc1)c1ccc(Oc2cccc(N3CCN(c4ccc5c(c4)C(=O)N(C4CC(=O)CNC4=O)C5=O)CC3)c2)cc1)c1ccccc1. The first kappa shape index (κ1) is 35.4. The number of Topliss-reactive ketones (excluding diaryl/α,β-unsaturated/α-hetero) is 1. The molecule has 0 aliphatic carbocycles. The highest BCUT2D eigenvalue weighted by atomic mass is 16.5. The zero-order chi connectivity index (χ0) is 38.1. The van der Waals surface area contributed by atoms with Crippen molar-refractivity contribution in [2.75, 3.05) is 42.5 Å². The van der Waals surface area contributed by atoms with Crippen LogP contribution in [0.3, 0.4) is 0 Å².